The molecule has 1 aromatic rings. The lowest BCUT2D eigenvalue weighted by molar-refractivity contribution is -0.401. The fourth-order valence-corrected chi connectivity index (χ4v) is 2.45. The summed E-state index contributed by atoms with van der Waals surface area (Å²) in [5, 5.41) is 14.5. The molecular weight excluding hydrogens is 250 g/mol. The molecule has 0 aromatic carbocycles. The molecule has 0 saturated heterocycles. The number of esters is 1. The Balaban J connectivity index is 2.13. The molecule has 0 radical (unpaired) electrons. The van der Waals surface area contributed by atoms with Gasteiger partial charge in [-0.3, -0.25) is 19.6 Å². The number of ether oxygens (including phenoxy) is 1. The maximum atomic E-state index is 11.7. The zero-order valence-electron chi connectivity index (χ0n) is 10.6. The minimum absolute atomic E-state index is 0.0230. The van der Waals surface area contributed by atoms with E-state index in [9.17, 15) is 14.9 Å². The Kier molecular flexibility index (Phi) is 3.94. The van der Waals surface area contributed by atoms with Crippen molar-refractivity contribution in [1.82, 2.24) is 9.78 Å². The van der Waals surface area contributed by atoms with Crippen molar-refractivity contribution in [2.24, 2.45) is 5.92 Å². The zero-order chi connectivity index (χ0) is 13.8. The van der Waals surface area contributed by atoms with Crippen LogP contribution in [-0.4, -0.2) is 27.8 Å². The van der Waals surface area contributed by atoms with E-state index in [1.165, 1.54) is 13.2 Å². The molecule has 19 heavy (non-hydrogen) atoms. The van der Waals surface area contributed by atoms with Crippen molar-refractivity contribution >= 4 is 12.0 Å². The topological polar surface area (TPSA) is 87.3 Å². The standard InChI is InChI=1S/C12H15N3O4/c1-19-12(16)10-3-2-4-11(10)14-7-5-9(13-14)6-8-15(17)18/h5-8,10-11H,2-4H2,1H3/b8-6+. The van der Waals surface area contributed by atoms with Gasteiger partial charge in [-0.05, 0) is 18.9 Å². The summed E-state index contributed by atoms with van der Waals surface area (Å²) in [7, 11) is 1.38. The molecule has 102 valence electrons. The highest BCUT2D eigenvalue weighted by Gasteiger charge is 2.35. The van der Waals surface area contributed by atoms with Gasteiger partial charge in [0.2, 0.25) is 6.20 Å². The second kappa shape index (κ2) is 5.64. The first kappa shape index (κ1) is 13.3. The summed E-state index contributed by atoms with van der Waals surface area (Å²) in [5.74, 6) is -0.405. The van der Waals surface area contributed by atoms with E-state index >= 15 is 0 Å². The molecule has 2 atom stereocenters. The maximum Gasteiger partial charge on any atom is 0.310 e. The molecule has 1 aromatic heterocycles. The lowest BCUT2D eigenvalue weighted by atomic mass is 10.0. The van der Waals surface area contributed by atoms with Gasteiger partial charge in [-0.25, -0.2) is 0 Å². The van der Waals surface area contributed by atoms with Crippen LogP contribution in [0.2, 0.25) is 0 Å². The van der Waals surface area contributed by atoms with Gasteiger partial charge in [0.15, 0.2) is 0 Å². The second-order valence-corrected chi connectivity index (χ2v) is 4.45. The average molecular weight is 265 g/mol. The van der Waals surface area contributed by atoms with Crippen LogP contribution in [0, 0.1) is 16.0 Å². The molecule has 1 aliphatic rings. The van der Waals surface area contributed by atoms with Crippen molar-refractivity contribution in [3.05, 3.63) is 34.3 Å². The van der Waals surface area contributed by atoms with Crippen LogP contribution in [0.25, 0.3) is 6.08 Å². The third-order valence-corrected chi connectivity index (χ3v) is 3.32. The van der Waals surface area contributed by atoms with Gasteiger partial charge in [0.25, 0.3) is 0 Å². The first-order chi connectivity index (χ1) is 9.11. The highest BCUT2D eigenvalue weighted by atomic mass is 16.6. The van der Waals surface area contributed by atoms with Crippen LogP contribution in [0.1, 0.15) is 31.0 Å². The van der Waals surface area contributed by atoms with E-state index < -0.39 is 4.92 Å². The molecule has 1 fully saturated rings. The molecule has 2 rings (SSSR count). The summed E-state index contributed by atoms with van der Waals surface area (Å²) in [5.41, 5.74) is 0.507. The minimum Gasteiger partial charge on any atom is -0.469 e. The van der Waals surface area contributed by atoms with E-state index in [4.69, 9.17) is 4.74 Å². The van der Waals surface area contributed by atoms with Gasteiger partial charge in [0.05, 0.1) is 29.7 Å². The zero-order valence-corrected chi connectivity index (χ0v) is 10.6. The molecule has 1 aliphatic carbocycles. The van der Waals surface area contributed by atoms with Crippen LogP contribution >= 0.6 is 0 Å². The fourth-order valence-electron chi connectivity index (χ4n) is 2.45. The van der Waals surface area contributed by atoms with E-state index in [1.54, 1.807) is 16.9 Å². The van der Waals surface area contributed by atoms with E-state index in [0.717, 1.165) is 25.5 Å². The smallest absolute Gasteiger partial charge is 0.310 e. The van der Waals surface area contributed by atoms with Crippen molar-refractivity contribution < 1.29 is 14.5 Å². The molecule has 7 heteroatoms. The molecule has 0 spiro atoms. The first-order valence-corrected chi connectivity index (χ1v) is 6.06. The Hall–Kier alpha value is -2.18. The highest BCUT2D eigenvalue weighted by Crippen LogP contribution is 2.36. The van der Waals surface area contributed by atoms with E-state index in [-0.39, 0.29) is 17.9 Å². The number of carbonyl (C=O) groups is 1. The van der Waals surface area contributed by atoms with Gasteiger partial charge < -0.3 is 4.74 Å². The monoisotopic (exact) mass is 265 g/mol. The van der Waals surface area contributed by atoms with Gasteiger partial charge in [-0.2, -0.15) is 5.10 Å². The van der Waals surface area contributed by atoms with E-state index in [1.807, 2.05) is 0 Å². The summed E-state index contributed by atoms with van der Waals surface area (Å²) in [6.45, 7) is 0. The van der Waals surface area contributed by atoms with Crippen LogP contribution in [0.15, 0.2) is 18.5 Å². The predicted molar refractivity (Wildman–Crippen MR) is 66.6 cm³/mol. The molecule has 1 heterocycles. The van der Waals surface area contributed by atoms with Crippen molar-refractivity contribution in [2.75, 3.05) is 7.11 Å². The Bertz CT molecular complexity index is 509. The van der Waals surface area contributed by atoms with Crippen LogP contribution < -0.4 is 0 Å². The maximum absolute atomic E-state index is 11.7. The van der Waals surface area contributed by atoms with Crippen molar-refractivity contribution in [3.63, 3.8) is 0 Å². The number of aromatic nitrogens is 2. The Labute approximate surface area is 110 Å². The largest absolute Gasteiger partial charge is 0.469 e. The molecule has 0 amide bonds. The van der Waals surface area contributed by atoms with Crippen molar-refractivity contribution in [2.45, 2.75) is 25.3 Å². The molecular formula is C12H15N3O4. The predicted octanol–water partition coefficient (Wildman–Crippen LogP) is 1.64. The van der Waals surface area contributed by atoms with Crippen LogP contribution in [-0.2, 0) is 9.53 Å². The van der Waals surface area contributed by atoms with E-state index in [0.29, 0.717) is 5.69 Å². The number of nitro groups is 1. The number of rotatable bonds is 4. The van der Waals surface area contributed by atoms with Crippen LogP contribution in [0.3, 0.4) is 0 Å². The Morgan fingerprint density at radius 3 is 3.11 bits per heavy atom. The lowest BCUT2D eigenvalue weighted by Crippen LogP contribution is -2.23. The molecule has 0 aliphatic heterocycles. The lowest BCUT2D eigenvalue weighted by Gasteiger charge is -2.17. The average Bonchev–Trinajstić information content (AvgIpc) is 3.03. The number of methoxy groups -OCH3 is 1. The van der Waals surface area contributed by atoms with Gasteiger partial charge >= 0.3 is 5.97 Å². The number of hydrogen-bond donors (Lipinski definition) is 0. The highest BCUT2D eigenvalue weighted by molar-refractivity contribution is 5.73. The number of nitrogens with zero attached hydrogens (tertiary/aromatic N) is 3. The SMILES string of the molecule is COC(=O)C1CCCC1n1ccc(/C=C/[N+](=O)[O-])n1. The minimum atomic E-state index is -0.536. The number of carbonyl (C=O) groups excluding carboxylic acids is 1. The summed E-state index contributed by atoms with van der Waals surface area (Å²) in [6, 6.07) is 1.66. The second-order valence-electron chi connectivity index (χ2n) is 4.45. The van der Waals surface area contributed by atoms with Gasteiger partial charge in [-0.1, -0.05) is 6.42 Å². The molecule has 1 saturated carbocycles. The van der Waals surface area contributed by atoms with Crippen LogP contribution in [0.4, 0.5) is 0 Å². The van der Waals surface area contributed by atoms with Gasteiger partial charge in [-0.15, -0.1) is 0 Å². The normalized spacial score (nSPS) is 22.8. The Morgan fingerprint density at radius 2 is 2.42 bits per heavy atom. The van der Waals surface area contributed by atoms with Crippen LogP contribution in [0.5, 0.6) is 0 Å². The third-order valence-electron chi connectivity index (χ3n) is 3.32. The van der Waals surface area contributed by atoms with Crippen molar-refractivity contribution in [1.29, 1.82) is 0 Å². The van der Waals surface area contributed by atoms with Gasteiger partial charge in [0.1, 0.15) is 0 Å². The summed E-state index contributed by atoms with van der Waals surface area (Å²) < 4.78 is 6.49. The number of hydrogen-bond acceptors (Lipinski definition) is 5. The fraction of sp³-hybridized carbons (Fsp3) is 0.500. The summed E-state index contributed by atoms with van der Waals surface area (Å²) >= 11 is 0. The summed E-state index contributed by atoms with van der Waals surface area (Å²) in [4.78, 5) is 21.4. The van der Waals surface area contributed by atoms with Crippen molar-refractivity contribution in [3.8, 4) is 0 Å². The van der Waals surface area contributed by atoms with Gasteiger partial charge in [0, 0.05) is 12.3 Å². The third kappa shape index (κ3) is 2.98. The van der Waals surface area contributed by atoms with E-state index in [2.05, 4.69) is 5.10 Å². The molecule has 0 bridgehead atoms. The Morgan fingerprint density at radius 1 is 1.63 bits per heavy atom. The first-order valence-electron chi connectivity index (χ1n) is 6.06. The summed E-state index contributed by atoms with van der Waals surface area (Å²) in [6.07, 6.45) is 6.52. The molecule has 2 unspecified atom stereocenters. The quantitative estimate of drug-likeness (QED) is 0.469. The molecule has 0 N–H and O–H groups in total. The molecule has 7 nitrogen and oxygen atoms in total.